The third-order valence-electron chi connectivity index (χ3n) is 3.09. The lowest BCUT2D eigenvalue weighted by atomic mass is 9.86. The van der Waals surface area contributed by atoms with E-state index in [-0.39, 0.29) is 17.1 Å². The first kappa shape index (κ1) is 10.6. The molecule has 4 heteroatoms. The highest BCUT2D eigenvalue weighted by molar-refractivity contribution is 7.99. The third-order valence-corrected chi connectivity index (χ3v) is 4.13. The first-order valence-electron chi connectivity index (χ1n) is 5.43. The molecule has 1 aromatic rings. The van der Waals surface area contributed by atoms with Crippen molar-refractivity contribution in [3.8, 4) is 0 Å². The average molecular weight is 245 g/mol. The summed E-state index contributed by atoms with van der Waals surface area (Å²) in [7, 11) is -1.66. The second-order valence-corrected chi connectivity index (χ2v) is 5.23. The number of carbonyl (C=O) groups is 1. The Kier molecular flexibility index (Phi) is 2.53. The maximum atomic E-state index is 12.0. The molecule has 0 saturated heterocycles. The Hall–Kier alpha value is -1.52. The highest BCUT2D eigenvalue weighted by Gasteiger charge is 2.32. The summed E-state index contributed by atoms with van der Waals surface area (Å²) in [6.45, 7) is 0. The van der Waals surface area contributed by atoms with Crippen molar-refractivity contribution in [2.75, 3.05) is 0 Å². The Labute approximate surface area is 102 Å². The van der Waals surface area contributed by atoms with Gasteiger partial charge in [-0.25, -0.2) is 8.93 Å². The summed E-state index contributed by atoms with van der Waals surface area (Å²) in [6.07, 6.45) is 7.84. The van der Waals surface area contributed by atoms with Crippen LogP contribution in [0.25, 0.3) is 0 Å². The molecule has 0 aromatic heterocycles. The highest BCUT2D eigenvalue weighted by Crippen LogP contribution is 2.31. The van der Waals surface area contributed by atoms with Crippen molar-refractivity contribution in [2.24, 2.45) is 0 Å². The summed E-state index contributed by atoms with van der Waals surface area (Å²) in [5.74, 6) is 0.0756. The van der Waals surface area contributed by atoms with E-state index in [0.29, 0.717) is 5.56 Å². The van der Waals surface area contributed by atoms with Crippen LogP contribution in [0.3, 0.4) is 0 Å². The molecule has 0 amide bonds. The molecular weight excluding hydrogens is 234 g/mol. The number of allylic oxidation sites excluding steroid dienone is 2. The van der Waals surface area contributed by atoms with Gasteiger partial charge < -0.3 is 0 Å². The first-order chi connectivity index (χ1) is 8.27. The molecule has 3 nitrogen and oxygen atoms in total. The molecule has 3 unspecified atom stereocenters. The van der Waals surface area contributed by atoms with Crippen LogP contribution in [0.15, 0.2) is 48.6 Å². The van der Waals surface area contributed by atoms with E-state index in [1.54, 1.807) is 12.1 Å². The van der Waals surface area contributed by atoms with E-state index in [4.69, 9.17) is 0 Å². The van der Waals surface area contributed by atoms with Crippen molar-refractivity contribution in [3.05, 3.63) is 59.7 Å². The summed E-state index contributed by atoms with van der Waals surface area (Å²) in [4.78, 5) is 12.0. The molecule has 1 N–H and O–H groups in total. The standard InChI is InChI=1S/C13H11NO2S/c15-13-11-7-2-1-5-9(11)10-6-3-4-8-12(10)14-17(13)16/h1-8,10,12,14H. The van der Waals surface area contributed by atoms with Gasteiger partial charge in [0.2, 0.25) is 0 Å². The van der Waals surface area contributed by atoms with Crippen LogP contribution in [0.5, 0.6) is 0 Å². The van der Waals surface area contributed by atoms with Crippen molar-refractivity contribution < 1.29 is 9.00 Å². The molecule has 86 valence electrons. The lowest BCUT2D eigenvalue weighted by molar-refractivity contribution is 0.108. The molecule has 3 atom stereocenters. The van der Waals surface area contributed by atoms with Gasteiger partial charge in [-0.05, 0) is 5.56 Å². The largest absolute Gasteiger partial charge is 0.277 e. The molecular formula is C13H11NO2S. The van der Waals surface area contributed by atoms with E-state index in [1.807, 2.05) is 36.4 Å². The number of hydrogen-bond acceptors (Lipinski definition) is 2. The zero-order valence-corrected chi connectivity index (χ0v) is 9.81. The SMILES string of the molecule is O=C1c2ccccc2C2C=CC=CC2NS1=O. The molecule has 1 heterocycles. The van der Waals surface area contributed by atoms with Gasteiger partial charge in [0.15, 0.2) is 11.0 Å². The number of rotatable bonds is 0. The zero-order chi connectivity index (χ0) is 11.8. The van der Waals surface area contributed by atoms with E-state index < -0.39 is 11.0 Å². The molecule has 0 bridgehead atoms. The smallest absolute Gasteiger partial charge is 0.264 e. The highest BCUT2D eigenvalue weighted by atomic mass is 32.2. The molecule has 0 spiro atoms. The number of hydrogen-bond donors (Lipinski definition) is 1. The second kappa shape index (κ2) is 4.05. The lowest BCUT2D eigenvalue weighted by Gasteiger charge is -2.22. The van der Waals surface area contributed by atoms with Gasteiger partial charge >= 0.3 is 0 Å². The minimum Gasteiger partial charge on any atom is -0.277 e. The Morgan fingerprint density at radius 3 is 2.76 bits per heavy atom. The predicted octanol–water partition coefficient (Wildman–Crippen LogP) is 1.67. The number of benzene rings is 1. The fraction of sp³-hybridized carbons (Fsp3) is 0.154. The van der Waals surface area contributed by atoms with Crippen LogP contribution in [0.1, 0.15) is 21.8 Å². The topological polar surface area (TPSA) is 46.2 Å². The van der Waals surface area contributed by atoms with Gasteiger partial charge in [-0.3, -0.25) is 4.79 Å². The quantitative estimate of drug-likeness (QED) is 0.755. The van der Waals surface area contributed by atoms with E-state index in [0.717, 1.165) is 5.56 Å². The number of fused-ring (bicyclic) bond motifs is 3. The predicted molar refractivity (Wildman–Crippen MR) is 66.9 cm³/mol. The molecule has 1 aromatic carbocycles. The van der Waals surface area contributed by atoms with Crippen molar-refractivity contribution in [1.82, 2.24) is 4.72 Å². The molecule has 17 heavy (non-hydrogen) atoms. The van der Waals surface area contributed by atoms with Gasteiger partial charge in [0.1, 0.15) is 0 Å². The second-order valence-electron chi connectivity index (χ2n) is 4.08. The van der Waals surface area contributed by atoms with Crippen LogP contribution in [-0.2, 0) is 11.0 Å². The van der Waals surface area contributed by atoms with Crippen LogP contribution in [0, 0.1) is 0 Å². The summed E-state index contributed by atoms with van der Waals surface area (Å²) in [5, 5.41) is -0.336. The van der Waals surface area contributed by atoms with Crippen LogP contribution in [-0.4, -0.2) is 15.4 Å². The summed E-state index contributed by atoms with van der Waals surface area (Å²) >= 11 is 0. The Balaban J connectivity index is 2.20. The molecule has 0 saturated carbocycles. The minimum absolute atomic E-state index is 0.0755. The van der Waals surface area contributed by atoms with E-state index in [1.165, 1.54) is 0 Å². The molecule has 1 aliphatic carbocycles. The van der Waals surface area contributed by atoms with Crippen molar-refractivity contribution >= 4 is 16.1 Å². The summed E-state index contributed by atoms with van der Waals surface area (Å²) < 4.78 is 14.7. The molecule has 1 aliphatic heterocycles. The van der Waals surface area contributed by atoms with Gasteiger partial charge in [-0.1, -0.05) is 48.6 Å². The Morgan fingerprint density at radius 1 is 1.12 bits per heavy atom. The van der Waals surface area contributed by atoms with Crippen LogP contribution >= 0.6 is 0 Å². The first-order valence-corrected chi connectivity index (χ1v) is 6.58. The average Bonchev–Trinajstić information content (AvgIpc) is 2.48. The fourth-order valence-corrected chi connectivity index (χ4v) is 3.23. The van der Waals surface area contributed by atoms with Gasteiger partial charge in [-0.2, -0.15) is 0 Å². The summed E-state index contributed by atoms with van der Waals surface area (Å²) in [6, 6.07) is 7.30. The third kappa shape index (κ3) is 1.69. The molecule has 2 aliphatic rings. The molecule has 3 rings (SSSR count). The number of nitrogens with one attached hydrogen (secondary N) is 1. The normalized spacial score (nSPS) is 30.6. The van der Waals surface area contributed by atoms with Crippen molar-refractivity contribution in [1.29, 1.82) is 0 Å². The van der Waals surface area contributed by atoms with E-state index in [2.05, 4.69) is 4.72 Å². The maximum absolute atomic E-state index is 12.0. The molecule has 0 radical (unpaired) electrons. The maximum Gasteiger partial charge on any atom is 0.264 e. The monoisotopic (exact) mass is 245 g/mol. The van der Waals surface area contributed by atoms with Crippen molar-refractivity contribution in [2.45, 2.75) is 12.0 Å². The number of carbonyl (C=O) groups excluding carboxylic acids is 1. The Bertz CT molecular complexity index is 562. The van der Waals surface area contributed by atoms with Crippen LogP contribution in [0.2, 0.25) is 0 Å². The molecule has 0 fully saturated rings. The van der Waals surface area contributed by atoms with Crippen molar-refractivity contribution in [3.63, 3.8) is 0 Å². The van der Waals surface area contributed by atoms with Gasteiger partial charge in [-0.15, -0.1) is 0 Å². The Morgan fingerprint density at radius 2 is 1.88 bits per heavy atom. The zero-order valence-electron chi connectivity index (χ0n) is 9.00. The van der Waals surface area contributed by atoms with E-state index >= 15 is 0 Å². The fourth-order valence-electron chi connectivity index (χ4n) is 2.27. The van der Waals surface area contributed by atoms with Crippen LogP contribution < -0.4 is 4.72 Å². The summed E-state index contributed by atoms with van der Waals surface area (Å²) in [5.41, 5.74) is 1.51. The van der Waals surface area contributed by atoms with Gasteiger partial charge in [0.25, 0.3) is 5.12 Å². The van der Waals surface area contributed by atoms with E-state index in [9.17, 15) is 9.00 Å². The van der Waals surface area contributed by atoms with Gasteiger partial charge in [0, 0.05) is 17.5 Å². The lowest BCUT2D eigenvalue weighted by Crippen LogP contribution is -2.34. The minimum atomic E-state index is -1.66. The van der Waals surface area contributed by atoms with Gasteiger partial charge in [0.05, 0.1) is 0 Å². The van der Waals surface area contributed by atoms with Crippen LogP contribution in [0.4, 0.5) is 0 Å².